The molecule has 2 aromatic rings. The molecule has 1 saturated heterocycles. The molecule has 2 aromatic carbocycles. The molecule has 9 heteroatoms. The summed E-state index contributed by atoms with van der Waals surface area (Å²) in [5.74, 6) is -0.466. The number of thiocarbonyl (C=S) groups is 1. The lowest BCUT2D eigenvalue weighted by molar-refractivity contribution is 0.268. The molecule has 0 radical (unpaired) electrons. The Balaban J connectivity index is 1.61. The lowest BCUT2D eigenvalue weighted by Crippen LogP contribution is -2.51. The fourth-order valence-corrected chi connectivity index (χ4v) is 4.57. The van der Waals surface area contributed by atoms with Gasteiger partial charge in [0.15, 0.2) is 5.11 Å². The van der Waals surface area contributed by atoms with Crippen molar-refractivity contribution in [2.75, 3.05) is 31.5 Å². The maximum absolute atomic E-state index is 13.0. The molecule has 0 aliphatic carbocycles. The molecule has 0 spiro atoms. The van der Waals surface area contributed by atoms with Crippen molar-refractivity contribution in [1.29, 1.82) is 0 Å². The van der Waals surface area contributed by atoms with Crippen molar-refractivity contribution < 1.29 is 12.8 Å². The van der Waals surface area contributed by atoms with Gasteiger partial charge in [-0.2, -0.15) is 4.31 Å². The van der Waals surface area contributed by atoms with E-state index in [-0.39, 0.29) is 4.90 Å². The minimum absolute atomic E-state index is 0.0898. The van der Waals surface area contributed by atoms with Crippen molar-refractivity contribution in [2.45, 2.75) is 4.90 Å². The molecule has 1 N–H and O–H groups in total. The molecule has 1 aliphatic heterocycles. The first kappa shape index (κ1) is 19.0. The maximum atomic E-state index is 13.0. The van der Waals surface area contributed by atoms with Gasteiger partial charge in [-0.15, -0.1) is 0 Å². The fourth-order valence-electron chi connectivity index (χ4n) is 2.66. The first-order valence-electron chi connectivity index (χ1n) is 7.93. The van der Waals surface area contributed by atoms with Gasteiger partial charge in [0.1, 0.15) is 5.82 Å². The number of nitrogens with zero attached hydrogens (tertiary/aromatic N) is 2. The molecule has 138 valence electrons. The van der Waals surface area contributed by atoms with Crippen LogP contribution >= 0.6 is 23.8 Å². The highest BCUT2D eigenvalue weighted by Crippen LogP contribution is 2.19. The van der Waals surface area contributed by atoms with E-state index in [0.717, 1.165) is 17.8 Å². The van der Waals surface area contributed by atoms with Gasteiger partial charge >= 0.3 is 0 Å². The van der Waals surface area contributed by atoms with Gasteiger partial charge in [-0.3, -0.25) is 0 Å². The molecular weight excluding hydrogens is 397 g/mol. The van der Waals surface area contributed by atoms with Gasteiger partial charge in [0, 0.05) is 36.9 Å². The molecule has 0 amide bonds. The molecule has 3 rings (SSSR count). The van der Waals surface area contributed by atoms with Gasteiger partial charge in [0.2, 0.25) is 10.0 Å². The minimum Gasteiger partial charge on any atom is -0.346 e. The zero-order valence-electron chi connectivity index (χ0n) is 13.7. The predicted octanol–water partition coefficient (Wildman–Crippen LogP) is 3.18. The summed E-state index contributed by atoms with van der Waals surface area (Å²) < 4.78 is 39.7. The van der Waals surface area contributed by atoms with Crippen LogP contribution in [0.2, 0.25) is 5.02 Å². The van der Waals surface area contributed by atoms with E-state index in [1.807, 2.05) is 17.0 Å². The Morgan fingerprint density at radius 2 is 1.73 bits per heavy atom. The Morgan fingerprint density at radius 1 is 1.08 bits per heavy atom. The molecule has 0 saturated carbocycles. The Labute approximate surface area is 162 Å². The molecule has 1 aliphatic rings. The van der Waals surface area contributed by atoms with Gasteiger partial charge in [0.05, 0.1) is 4.90 Å². The van der Waals surface area contributed by atoms with E-state index in [1.165, 1.54) is 16.4 Å². The number of hydrogen-bond donors (Lipinski definition) is 1. The average Bonchev–Trinajstić information content (AvgIpc) is 2.62. The van der Waals surface area contributed by atoms with Gasteiger partial charge in [-0.05, 0) is 54.7 Å². The minimum atomic E-state index is -3.63. The highest BCUT2D eigenvalue weighted by atomic mass is 35.5. The summed E-state index contributed by atoms with van der Waals surface area (Å²) in [7, 11) is -3.63. The third-order valence-electron chi connectivity index (χ3n) is 4.05. The largest absolute Gasteiger partial charge is 0.346 e. The van der Waals surface area contributed by atoms with Gasteiger partial charge < -0.3 is 10.2 Å². The van der Waals surface area contributed by atoms with Crippen LogP contribution in [0.25, 0.3) is 0 Å². The third kappa shape index (κ3) is 4.32. The second-order valence-corrected chi connectivity index (χ2v) is 8.55. The van der Waals surface area contributed by atoms with Crippen molar-refractivity contribution in [1.82, 2.24) is 9.21 Å². The number of benzene rings is 2. The van der Waals surface area contributed by atoms with E-state index in [4.69, 9.17) is 23.8 Å². The molecule has 0 atom stereocenters. The summed E-state index contributed by atoms with van der Waals surface area (Å²) in [6, 6.07) is 12.1. The van der Waals surface area contributed by atoms with Crippen molar-refractivity contribution in [3.8, 4) is 0 Å². The third-order valence-corrected chi connectivity index (χ3v) is 6.56. The van der Waals surface area contributed by atoms with E-state index >= 15 is 0 Å². The van der Waals surface area contributed by atoms with Crippen molar-refractivity contribution >= 4 is 44.6 Å². The summed E-state index contributed by atoms with van der Waals surface area (Å²) in [5.41, 5.74) is 0.781. The fraction of sp³-hybridized carbons (Fsp3) is 0.235. The van der Waals surface area contributed by atoms with Gasteiger partial charge in [-0.1, -0.05) is 17.7 Å². The average molecular weight is 414 g/mol. The smallest absolute Gasteiger partial charge is 0.243 e. The second kappa shape index (κ2) is 7.87. The lowest BCUT2D eigenvalue weighted by atomic mass is 10.3. The number of rotatable bonds is 3. The molecular formula is C17H17ClFN3O2S2. The standard InChI is InChI=1S/C17H17ClFN3O2S2/c18-13-2-1-3-15(12-13)20-17(25)21-8-10-22(11-9-21)26(23,24)16-6-4-14(19)5-7-16/h1-7,12H,8-11H2,(H,20,25). The number of nitrogens with one attached hydrogen (secondary N) is 1. The van der Waals surface area contributed by atoms with Crippen LogP contribution in [-0.4, -0.2) is 48.9 Å². The van der Waals surface area contributed by atoms with Gasteiger partial charge in [0.25, 0.3) is 0 Å². The zero-order valence-corrected chi connectivity index (χ0v) is 16.1. The van der Waals surface area contributed by atoms with E-state index in [9.17, 15) is 12.8 Å². The number of hydrogen-bond acceptors (Lipinski definition) is 3. The van der Waals surface area contributed by atoms with Gasteiger partial charge in [-0.25, -0.2) is 12.8 Å². The number of sulfonamides is 1. The molecule has 1 heterocycles. The first-order chi connectivity index (χ1) is 12.4. The molecule has 0 unspecified atom stereocenters. The van der Waals surface area contributed by atoms with Crippen LogP contribution in [0.15, 0.2) is 53.4 Å². The van der Waals surface area contributed by atoms with Crippen LogP contribution < -0.4 is 5.32 Å². The highest BCUT2D eigenvalue weighted by Gasteiger charge is 2.29. The SMILES string of the molecule is O=S(=O)(c1ccc(F)cc1)N1CCN(C(=S)Nc2cccc(Cl)c2)CC1. The summed E-state index contributed by atoms with van der Waals surface area (Å²) in [6.07, 6.45) is 0. The van der Waals surface area contributed by atoms with Crippen LogP contribution in [0.3, 0.4) is 0 Å². The van der Waals surface area contributed by atoms with E-state index in [0.29, 0.717) is 36.3 Å². The predicted molar refractivity (Wildman–Crippen MR) is 104 cm³/mol. The monoisotopic (exact) mass is 413 g/mol. The first-order valence-corrected chi connectivity index (χ1v) is 10.2. The Kier molecular flexibility index (Phi) is 5.76. The van der Waals surface area contributed by atoms with Crippen LogP contribution in [0.4, 0.5) is 10.1 Å². The number of piperazine rings is 1. The van der Waals surface area contributed by atoms with Crippen LogP contribution in [0.5, 0.6) is 0 Å². The van der Waals surface area contributed by atoms with E-state index < -0.39 is 15.8 Å². The zero-order chi connectivity index (χ0) is 18.7. The van der Waals surface area contributed by atoms with Crippen LogP contribution in [-0.2, 0) is 10.0 Å². The summed E-state index contributed by atoms with van der Waals surface area (Å²) in [5, 5.41) is 4.23. The summed E-state index contributed by atoms with van der Waals surface area (Å²) in [4.78, 5) is 2.00. The summed E-state index contributed by atoms with van der Waals surface area (Å²) in [6.45, 7) is 1.54. The normalized spacial score (nSPS) is 15.7. The molecule has 1 fully saturated rings. The molecule has 0 aromatic heterocycles. The lowest BCUT2D eigenvalue weighted by Gasteiger charge is -2.35. The Bertz CT molecular complexity index is 898. The topological polar surface area (TPSA) is 52.7 Å². The van der Waals surface area contributed by atoms with Crippen molar-refractivity contribution in [2.24, 2.45) is 0 Å². The molecule has 5 nitrogen and oxygen atoms in total. The quantitative estimate of drug-likeness (QED) is 0.783. The van der Waals surface area contributed by atoms with Crippen LogP contribution in [0, 0.1) is 5.82 Å². The maximum Gasteiger partial charge on any atom is 0.243 e. The molecule has 26 heavy (non-hydrogen) atoms. The van der Waals surface area contributed by atoms with Crippen molar-refractivity contribution in [3.63, 3.8) is 0 Å². The Morgan fingerprint density at radius 3 is 2.35 bits per heavy atom. The summed E-state index contributed by atoms with van der Waals surface area (Å²) >= 11 is 11.4. The number of halogens is 2. The highest BCUT2D eigenvalue weighted by molar-refractivity contribution is 7.89. The van der Waals surface area contributed by atoms with Crippen LogP contribution in [0.1, 0.15) is 0 Å². The second-order valence-electron chi connectivity index (χ2n) is 5.79. The Hall–Kier alpha value is -1.74. The van der Waals surface area contributed by atoms with E-state index in [1.54, 1.807) is 12.1 Å². The van der Waals surface area contributed by atoms with Crippen molar-refractivity contribution in [3.05, 3.63) is 59.4 Å². The number of anilines is 1. The molecule has 0 bridgehead atoms. The van der Waals surface area contributed by atoms with E-state index in [2.05, 4.69) is 5.32 Å².